The molecule has 0 spiro atoms. The first-order valence-corrected chi connectivity index (χ1v) is 4.95. The number of hydrogen-bond acceptors (Lipinski definition) is 4. The van der Waals surface area contributed by atoms with Crippen LogP contribution in [0.1, 0.15) is 11.7 Å². The standard InChI is InChI=1S/C10H11FN2O3/c11-10-7(9-6-12-4-5-16-9)2-1-3-8(10)13(14)15/h1-3,9,12H,4-6H2. The Kier molecular flexibility index (Phi) is 3.12. The van der Waals surface area contributed by atoms with Crippen LogP contribution in [0.25, 0.3) is 0 Å². The maximum Gasteiger partial charge on any atom is 0.305 e. The van der Waals surface area contributed by atoms with E-state index in [1.165, 1.54) is 12.1 Å². The number of nitrogens with one attached hydrogen (secondary N) is 1. The lowest BCUT2D eigenvalue weighted by Gasteiger charge is -2.24. The van der Waals surface area contributed by atoms with E-state index in [4.69, 9.17) is 4.74 Å². The van der Waals surface area contributed by atoms with E-state index in [0.717, 1.165) is 6.07 Å². The summed E-state index contributed by atoms with van der Waals surface area (Å²) in [5.74, 6) is -0.804. The second-order valence-corrected chi connectivity index (χ2v) is 3.50. The summed E-state index contributed by atoms with van der Waals surface area (Å²) in [7, 11) is 0. The minimum absolute atomic E-state index is 0.237. The zero-order chi connectivity index (χ0) is 11.5. The molecule has 1 aliphatic heterocycles. The van der Waals surface area contributed by atoms with Gasteiger partial charge in [-0.05, 0) is 0 Å². The topological polar surface area (TPSA) is 64.4 Å². The molecule has 1 atom stereocenters. The molecule has 0 saturated carbocycles. The third-order valence-corrected chi connectivity index (χ3v) is 2.48. The molecule has 1 fully saturated rings. The van der Waals surface area contributed by atoms with Gasteiger partial charge in [0.1, 0.15) is 0 Å². The molecule has 2 rings (SSSR count). The zero-order valence-electron chi connectivity index (χ0n) is 8.48. The second kappa shape index (κ2) is 4.54. The van der Waals surface area contributed by atoms with Gasteiger partial charge in [-0.1, -0.05) is 12.1 Å². The van der Waals surface area contributed by atoms with E-state index in [1.807, 2.05) is 0 Å². The number of ether oxygens (including phenoxy) is 1. The van der Waals surface area contributed by atoms with Crippen molar-refractivity contribution < 1.29 is 14.1 Å². The van der Waals surface area contributed by atoms with Gasteiger partial charge in [-0.3, -0.25) is 10.1 Å². The Labute approximate surface area is 91.4 Å². The molecule has 1 N–H and O–H groups in total. The van der Waals surface area contributed by atoms with Crippen molar-refractivity contribution in [3.05, 3.63) is 39.7 Å². The quantitative estimate of drug-likeness (QED) is 0.611. The normalized spacial score (nSPS) is 20.7. The van der Waals surface area contributed by atoms with Gasteiger partial charge in [-0.2, -0.15) is 4.39 Å². The van der Waals surface area contributed by atoms with Crippen LogP contribution >= 0.6 is 0 Å². The first kappa shape index (κ1) is 11.0. The van der Waals surface area contributed by atoms with E-state index in [2.05, 4.69) is 5.32 Å². The van der Waals surface area contributed by atoms with Gasteiger partial charge in [-0.25, -0.2) is 0 Å². The fourth-order valence-corrected chi connectivity index (χ4v) is 1.69. The van der Waals surface area contributed by atoms with Gasteiger partial charge in [0.15, 0.2) is 0 Å². The minimum Gasteiger partial charge on any atom is -0.371 e. The molecule has 5 nitrogen and oxygen atoms in total. The lowest BCUT2D eigenvalue weighted by molar-refractivity contribution is -0.387. The molecule has 0 radical (unpaired) electrons. The van der Waals surface area contributed by atoms with Crippen molar-refractivity contribution in [1.82, 2.24) is 5.32 Å². The van der Waals surface area contributed by atoms with E-state index in [-0.39, 0.29) is 5.56 Å². The summed E-state index contributed by atoms with van der Waals surface area (Å²) in [4.78, 5) is 9.84. The maximum atomic E-state index is 13.8. The first-order valence-electron chi connectivity index (χ1n) is 4.95. The summed E-state index contributed by atoms with van der Waals surface area (Å²) in [6, 6.07) is 4.13. The smallest absolute Gasteiger partial charge is 0.305 e. The highest BCUT2D eigenvalue weighted by molar-refractivity contribution is 5.38. The Morgan fingerprint density at radius 1 is 1.56 bits per heavy atom. The number of morpholine rings is 1. The van der Waals surface area contributed by atoms with E-state index < -0.39 is 22.5 Å². The lowest BCUT2D eigenvalue weighted by atomic mass is 10.1. The molecular formula is C10H11FN2O3. The molecule has 0 aromatic heterocycles. The second-order valence-electron chi connectivity index (χ2n) is 3.50. The van der Waals surface area contributed by atoms with Crippen LogP contribution in [0.2, 0.25) is 0 Å². The minimum atomic E-state index is -0.804. The molecule has 0 amide bonds. The van der Waals surface area contributed by atoms with Gasteiger partial charge in [0.25, 0.3) is 0 Å². The molecule has 1 aromatic carbocycles. The highest BCUT2D eigenvalue weighted by Gasteiger charge is 2.24. The summed E-state index contributed by atoms with van der Waals surface area (Å²) in [6.45, 7) is 1.66. The molecule has 1 heterocycles. The van der Waals surface area contributed by atoms with Crippen LogP contribution in [0.15, 0.2) is 18.2 Å². The van der Waals surface area contributed by atoms with Crippen LogP contribution in [-0.2, 0) is 4.74 Å². The summed E-state index contributed by atoms with van der Waals surface area (Å²) in [5, 5.41) is 13.6. The van der Waals surface area contributed by atoms with Gasteiger partial charge < -0.3 is 10.1 Å². The lowest BCUT2D eigenvalue weighted by Crippen LogP contribution is -2.33. The van der Waals surface area contributed by atoms with Crippen molar-refractivity contribution >= 4 is 5.69 Å². The van der Waals surface area contributed by atoms with Crippen molar-refractivity contribution in [3.63, 3.8) is 0 Å². The van der Waals surface area contributed by atoms with Gasteiger partial charge in [0, 0.05) is 24.7 Å². The molecular weight excluding hydrogens is 215 g/mol. The number of nitrogens with zero attached hydrogens (tertiary/aromatic N) is 1. The van der Waals surface area contributed by atoms with Crippen molar-refractivity contribution in [2.45, 2.75) is 6.10 Å². The first-order chi connectivity index (χ1) is 7.70. The van der Waals surface area contributed by atoms with Gasteiger partial charge >= 0.3 is 5.69 Å². The van der Waals surface area contributed by atoms with E-state index in [1.54, 1.807) is 0 Å². The van der Waals surface area contributed by atoms with Crippen LogP contribution in [0, 0.1) is 15.9 Å². The molecule has 0 aliphatic carbocycles. The average molecular weight is 226 g/mol. The maximum absolute atomic E-state index is 13.8. The third kappa shape index (κ3) is 2.02. The number of hydrogen-bond donors (Lipinski definition) is 1. The fourth-order valence-electron chi connectivity index (χ4n) is 1.69. The Bertz CT molecular complexity index is 405. The van der Waals surface area contributed by atoms with Crippen LogP contribution in [0.5, 0.6) is 0 Å². The highest BCUT2D eigenvalue weighted by Crippen LogP contribution is 2.27. The Balaban J connectivity index is 2.33. The Hall–Kier alpha value is -1.53. The monoisotopic (exact) mass is 226 g/mol. The molecule has 1 aromatic rings. The zero-order valence-corrected chi connectivity index (χ0v) is 8.48. The Morgan fingerprint density at radius 3 is 3.00 bits per heavy atom. The van der Waals surface area contributed by atoms with Crippen molar-refractivity contribution in [3.8, 4) is 0 Å². The molecule has 1 saturated heterocycles. The van der Waals surface area contributed by atoms with E-state index in [0.29, 0.717) is 19.7 Å². The van der Waals surface area contributed by atoms with Crippen molar-refractivity contribution in [1.29, 1.82) is 0 Å². The van der Waals surface area contributed by atoms with Crippen LogP contribution in [0.4, 0.5) is 10.1 Å². The molecule has 16 heavy (non-hydrogen) atoms. The van der Waals surface area contributed by atoms with Crippen LogP contribution < -0.4 is 5.32 Å². The number of nitro benzene ring substituents is 1. The van der Waals surface area contributed by atoms with Gasteiger partial charge in [0.05, 0.1) is 17.6 Å². The fraction of sp³-hybridized carbons (Fsp3) is 0.400. The van der Waals surface area contributed by atoms with E-state index in [9.17, 15) is 14.5 Å². The third-order valence-electron chi connectivity index (χ3n) is 2.48. The summed E-state index contributed by atoms with van der Waals surface area (Å²) in [6.07, 6.45) is -0.450. The number of rotatable bonds is 2. The van der Waals surface area contributed by atoms with Crippen LogP contribution in [0.3, 0.4) is 0 Å². The van der Waals surface area contributed by atoms with Gasteiger partial charge in [0.2, 0.25) is 5.82 Å². The summed E-state index contributed by atoms with van der Waals surface area (Å²) < 4.78 is 19.1. The van der Waals surface area contributed by atoms with Crippen molar-refractivity contribution in [2.24, 2.45) is 0 Å². The molecule has 1 aliphatic rings. The van der Waals surface area contributed by atoms with Crippen LogP contribution in [-0.4, -0.2) is 24.6 Å². The SMILES string of the molecule is O=[N+]([O-])c1cccc(C2CNCCO2)c1F. The molecule has 1 unspecified atom stereocenters. The summed E-state index contributed by atoms with van der Waals surface area (Å²) >= 11 is 0. The summed E-state index contributed by atoms with van der Waals surface area (Å²) in [5.41, 5.74) is -0.270. The molecule has 0 bridgehead atoms. The average Bonchev–Trinajstić information content (AvgIpc) is 2.30. The molecule has 86 valence electrons. The highest BCUT2D eigenvalue weighted by atomic mass is 19.1. The van der Waals surface area contributed by atoms with Crippen molar-refractivity contribution in [2.75, 3.05) is 19.7 Å². The predicted molar refractivity (Wildman–Crippen MR) is 54.6 cm³/mol. The number of benzene rings is 1. The van der Waals surface area contributed by atoms with Gasteiger partial charge in [-0.15, -0.1) is 0 Å². The largest absolute Gasteiger partial charge is 0.371 e. The number of nitro groups is 1. The predicted octanol–water partition coefficient (Wildman–Crippen LogP) is 1.39. The molecule has 6 heteroatoms. The van der Waals surface area contributed by atoms with E-state index >= 15 is 0 Å². The Morgan fingerprint density at radius 2 is 2.38 bits per heavy atom. The number of halogens is 1.